The number of fused-ring (bicyclic) bond motifs is 1. The van der Waals surface area contributed by atoms with Gasteiger partial charge in [-0.1, -0.05) is 48.5 Å². The first-order chi connectivity index (χ1) is 11.1. The Hall–Kier alpha value is 0. The third kappa shape index (κ3) is 3.88. The first-order valence-electron chi connectivity index (χ1n) is 11.1. The van der Waals surface area contributed by atoms with Crippen LogP contribution < -0.4 is 0 Å². The van der Waals surface area contributed by atoms with Gasteiger partial charge >= 0.3 is 0 Å². The van der Waals surface area contributed by atoms with E-state index < -0.39 is 0 Å². The van der Waals surface area contributed by atoms with Crippen LogP contribution in [0.15, 0.2) is 0 Å². The average Bonchev–Trinajstić information content (AvgIpc) is 2.84. The first kappa shape index (κ1) is 18.8. The van der Waals surface area contributed by atoms with Crippen LogP contribution in [0, 0.1) is 52.3 Å². The van der Waals surface area contributed by atoms with Crippen LogP contribution in [0.5, 0.6) is 0 Å². The van der Waals surface area contributed by atoms with Crippen LogP contribution in [0.25, 0.3) is 0 Å². The molecule has 0 spiro atoms. The Morgan fingerprint density at radius 1 is 0.542 bits per heavy atom. The lowest BCUT2D eigenvalue weighted by molar-refractivity contribution is 0.0107. The summed E-state index contributed by atoms with van der Waals surface area (Å²) in [5.74, 6) is 7.17. The minimum Gasteiger partial charge on any atom is -0.0625 e. The van der Waals surface area contributed by atoms with Gasteiger partial charge in [-0.05, 0) is 104 Å². The molecule has 0 amide bonds. The smallest absolute Gasteiger partial charge is 0.0352 e. The number of hydrogen-bond donors (Lipinski definition) is 0. The molecule has 0 aromatic carbocycles. The van der Waals surface area contributed by atoms with Crippen LogP contribution in [0.2, 0.25) is 0 Å². The van der Waals surface area contributed by atoms with Gasteiger partial charge in [-0.25, -0.2) is 0 Å². The van der Waals surface area contributed by atoms with E-state index in [0.29, 0.717) is 10.8 Å². The van der Waals surface area contributed by atoms with Gasteiger partial charge in [-0.3, -0.25) is 0 Å². The minimum absolute atomic E-state index is 0.512. The van der Waals surface area contributed by atoms with E-state index >= 15 is 0 Å². The van der Waals surface area contributed by atoms with Gasteiger partial charge in [0.05, 0.1) is 0 Å². The maximum atomic E-state index is 2.53. The summed E-state index contributed by atoms with van der Waals surface area (Å²) in [6, 6.07) is 0. The summed E-state index contributed by atoms with van der Waals surface area (Å²) in [5.41, 5.74) is 1.04. The normalized spacial score (nSPS) is 44.4. The van der Waals surface area contributed by atoms with Crippen molar-refractivity contribution in [3.63, 3.8) is 0 Å². The van der Waals surface area contributed by atoms with E-state index in [1.807, 2.05) is 0 Å². The Labute approximate surface area is 152 Å². The lowest BCUT2D eigenvalue weighted by Crippen LogP contribution is -2.40. The summed E-state index contributed by atoms with van der Waals surface area (Å²) < 4.78 is 0. The standard InChI is InChI=1S/C24H44/c1-16-12-18-14-20(24(5,6)7)15-22(21(18)13-16)17-8-10-19(11-9-17)23(2,3)4/h16-22H,8-15H2,1-7H3. The lowest BCUT2D eigenvalue weighted by Gasteiger charge is -2.49. The van der Waals surface area contributed by atoms with Gasteiger partial charge in [-0.15, -0.1) is 0 Å². The van der Waals surface area contributed by atoms with E-state index in [0.717, 1.165) is 41.4 Å². The van der Waals surface area contributed by atoms with Crippen molar-refractivity contribution in [2.45, 2.75) is 99.8 Å². The molecule has 0 aromatic heterocycles. The zero-order valence-electron chi connectivity index (χ0n) is 17.7. The topological polar surface area (TPSA) is 0 Å². The summed E-state index contributed by atoms with van der Waals surface area (Å²) in [6.07, 6.45) is 12.2. The quantitative estimate of drug-likeness (QED) is 0.464. The monoisotopic (exact) mass is 332 g/mol. The van der Waals surface area contributed by atoms with E-state index in [-0.39, 0.29) is 0 Å². The van der Waals surface area contributed by atoms with E-state index in [1.54, 1.807) is 12.8 Å². The molecule has 3 fully saturated rings. The molecule has 3 rings (SSSR count). The molecule has 0 saturated heterocycles. The highest BCUT2D eigenvalue weighted by Crippen LogP contribution is 2.57. The Balaban J connectivity index is 1.71. The maximum Gasteiger partial charge on any atom is -0.0352 e. The van der Waals surface area contributed by atoms with Crippen LogP contribution in [0.3, 0.4) is 0 Å². The van der Waals surface area contributed by atoms with Crippen molar-refractivity contribution >= 4 is 0 Å². The van der Waals surface area contributed by atoms with Gasteiger partial charge in [0.15, 0.2) is 0 Å². The summed E-state index contributed by atoms with van der Waals surface area (Å²) in [6.45, 7) is 17.4. The van der Waals surface area contributed by atoms with Gasteiger partial charge in [0.2, 0.25) is 0 Å². The summed E-state index contributed by atoms with van der Waals surface area (Å²) in [7, 11) is 0. The van der Waals surface area contributed by atoms with Crippen molar-refractivity contribution in [1.29, 1.82) is 0 Å². The minimum atomic E-state index is 0.512. The Morgan fingerprint density at radius 3 is 1.62 bits per heavy atom. The fourth-order valence-corrected chi connectivity index (χ4v) is 6.87. The highest BCUT2D eigenvalue weighted by Gasteiger charge is 2.48. The molecule has 3 aliphatic carbocycles. The molecule has 140 valence electrons. The highest BCUT2D eigenvalue weighted by atomic mass is 14.5. The third-order valence-electron chi connectivity index (χ3n) is 8.51. The molecule has 0 bridgehead atoms. The van der Waals surface area contributed by atoms with Gasteiger partial charge in [-0.2, -0.15) is 0 Å². The molecule has 0 N–H and O–H groups in total. The van der Waals surface area contributed by atoms with Crippen LogP contribution in [0.4, 0.5) is 0 Å². The molecular weight excluding hydrogens is 288 g/mol. The maximum absolute atomic E-state index is 2.53. The van der Waals surface area contributed by atoms with Gasteiger partial charge in [0.25, 0.3) is 0 Å². The fraction of sp³-hybridized carbons (Fsp3) is 1.00. The van der Waals surface area contributed by atoms with Crippen LogP contribution in [-0.2, 0) is 0 Å². The average molecular weight is 333 g/mol. The van der Waals surface area contributed by atoms with Crippen LogP contribution >= 0.6 is 0 Å². The number of hydrogen-bond acceptors (Lipinski definition) is 0. The van der Waals surface area contributed by atoms with Crippen molar-refractivity contribution in [2.24, 2.45) is 52.3 Å². The Morgan fingerprint density at radius 2 is 1.08 bits per heavy atom. The first-order valence-corrected chi connectivity index (χ1v) is 11.1. The molecule has 5 unspecified atom stereocenters. The third-order valence-corrected chi connectivity index (χ3v) is 8.51. The van der Waals surface area contributed by atoms with Gasteiger partial charge in [0, 0.05) is 0 Å². The zero-order valence-corrected chi connectivity index (χ0v) is 17.7. The molecule has 0 radical (unpaired) electrons. The van der Waals surface area contributed by atoms with E-state index in [1.165, 1.54) is 38.5 Å². The van der Waals surface area contributed by atoms with E-state index in [2.05, 4.69) is 48.5 Å². The predicted molar refractivity (Wildman–Crippen MR) is 106 cm³/mol. The SMILES string of the molecule is CC1CC2CC(C(C)(C)C)CC(C3CCC(C(C)(C)C)CC3)C2C1. The highest BCUT2D eigenvalue weighted by molar-refractivity contribution is 4.98. The van der Waals surface area contributed by atoms with Crippen LogP contribution in [0.1, 0.15) is 99.8 Å². The molecule has 24 heavy (non-hydrogen) atoms. The molecule has 3 aliphatic rings. The summed E-state index contributed by atoms with van der Waals surface area (Å²) in [5, 5.41) is 0. The Kier molecular flexibility index (Phi) is 5.18. The summed E-state index contributed by atoms with van der Waals surface area (Å²) >= 11 is 0. The molecule has 3 saturated carbocycles. The number of rotatable bonds is 1. The molecule has 0 heteroatoms. The second-order valence-corrected chi connectivity index (χ2v) is 12.2. The fourth-order valence-electron chi connectivity index (χ4n) is 6.87. The van der Waals surface area contributed by atoms with Gasteiger partial charge < -0.3 is 0 Å². The van der Waals surface area contributed by atoms with E-state index in [4.69, 9.17) is 0 Å². The predicted octanol–water partition coefficient (Wildman–Crippen LogP) is 7.57. The zero-order chi connectivity index (χ0) is 17.7. The summed E-state index contributed by atoms with van der Waals surface area (Å²) in [4.78, 5) is 0. The second kappa shape index (κ2) is 6.62. The molecule has 0 aromatic rings. The molecule has 0 nitrogen and oxygen atoms in total. The van der Waals surface area contributed by atoms with Crippen molar-refractivity contribution in [1.82, 2.24) is 0 Å². The van der Waals surface area contributed by atoms with Crippen molar-refractivity contribution in [2.75, 3.05) is 0 Å². The van der Waals surface area contributed by atoms with Crippen LogP contribution in [-0.4, -0.2) is 0 Å². The lowest BCUT2D eigenvalue weighted by atomic mass is 9.57. The molecule has 5 atom stereocenters. The van der Waals surface area contributed by atoms with Crippen molar-refractivity contribution in [3.05, 3.63) is 0 Å². The van der Waals surface area contributed by atoms with Crippen molar-refractivity contribution < 1.29 is 0 Å². The Bertz CT molecular complexity index is 412. The molecular formula is C24H44. The van der Waals surface area contributed by atoms with Crippen molar-refractivity contribution in [3.8, 4) is 0 Å². The molecule has 0 aliphatic heterocycles. The second-order valence-electron chi connectivity index (χ2n) is 12.2. The van der Waals surface area contributed by atoms with E-state index in [9.17, 15) is 0 Å². The molecule has 0 heterocycles. The largest absolute Gasteiger partial charge is 0.0625 e. The van der Waals surface area contributed by atoms with Gasteiger partial charge in [0.1, 0.15) is 0 Å².